The summed E-state index contributed by atoms with van der Waals surface area (Å²) in [6, 6.07) is 18.3. The Morgan fingerprint density at radius 2 is 1.96 bits per heavy atom. The number of aromatic nitrogens is 1. The normalized spacial score (nSPS) is 22.5. The van der Waals surface area contributed by atoms with Crippen LogP contribution >= 0.6 is 11.8 Å². The highest BCUT2D eigenvalue weighted by Gasteiger charge is 2.37. The molecule has 28 heavy (non-hydrogen) atoms. The molecule has 3 aromatic rings. The molecule has 1 fully saturated rings. The van der Waals surface area contributed by atoms with Gasteiger partial charge in [0, 0.05) is 42.9 Å². The SMILES string of the molecule is CO[C@]1(c2cccc(Sc3ccc4c(ccc(=O)n4C)c3)c2)CCO[C@H](C)C1. The summed E-state index contributed by atoms with van der Waals surface area (Å²) >= 11 is 1.73. The molecule has 0 N–H and O–H groups in total. The van der Waals surface area contributed by atoms with Crippen LogP contribution in [0, 0.1) is 0 Å². The number of benzene rings is 2. The molecule has 1 aliphatic heterocycles. The van der Waals surface area contributed by atoms with Gasteiger partial charge in [0.2, 0.25) is 0 Å². The molecular formula is C23H25NO3S. The minimum Gasteiger partial charge on any atom is -0.378 e. The maximum atomic E-state index is 11.8. The lowest BCUT2D eigenvalue weighted by molar-refractivity contribution is -0.122. The lowest BCUT2D eigenvalue weighted by Crippen LogP contribution is -2.39. The van der Waals surface area contributed by atoms with Gasteiger partial charge < -0.3 is 14.0 Å². The molecular weight excluding hydrogens is 370 g/mol. The van der Waals surface area contributed by atoms with Crippen molar-refractivity contribution in [2.45, 2.75) is 41.3 Å². The number of hydrogen-bond acceptors (Lipinski definition) is 4. The van der Waals surface area contributed by atoms with Crippen LogP contribution in [0.3, 0.4) is 0 Å². The fourth-order valence-corrected chi connectivity index (χ4v) is 4.95. The molecule has 2 heterocycles. The minimum atomic E-state index is -0.282. The van der Waals surface area contributed by atoms with Crippen molar-refractivity contribution < 1.29 is 9.47 Å². The molecule has 4 rings (SSSR count). The summed E-state index contributed by atoms with van der Waals surface area (Å²) in [5.74, 6) is 0. The van der Waals surface area contributed by atoms with Gasteiger partial charge in [-0.05, 0) is 54.3 Å². The van der Waals surface area contributed by atoms with Gasteiger partial charge in [-0.1, -0.05) is 23.9 Å². The van der Waals surface area contributed by atoms with E-state index in [1.165, 1.54) is 10.5 Å². The molecule has 1 aromatic heterocycles. The molecule has 0 saturated carbocycles. The molecule has 0 bridgehead atoms. The number of methoxy groups -OCH3 is 1. The van der Waals surface area contributed by atoms with Gasteiger partial charge in [0.1, 0.15) is 0 Å². The third-order valence-corrected chi connectivity index (χ3v) is 6.59. The van der Waals surface area contributed by atoms with Crippen LogP contribution in [0.4, 0.5) is 0 Å². The topological polar surface area (TPSA) is 40.5 Å². The highest BCUT2D eigenvalue weighted by Crippen LogP contribution is 2.40. The first-order valence-corrected chi connectivity index (χ1v) is 10.4. The lowest BCUT2D eigenvalue weighted by Gasteiger charge is -2.39. The summed E-state index contributed by atoms with van der Waals surface area (Å²) in [5.41, 5.74) is 1.88. The van der Waals surface area contributed by atoms with Gasteiger partial charge in [-0.2, -0.15) is 0 Å². The summed E-state index contributed by atoms with van der Waals surface area (Å²) in [7, 11) is 3.60. The third-order valence-electron chi connectivity index (χ3n) is 5.61. The molecule has 5 heteroatoms. The predicted octanol–water partition coefficient (Wildman–Crippen LogP) is 4.73. The van der Waals surface area contributed by atoms with E-state index in [1.54, 1.807) is 36.6 Å². The Kier molecular flexibility index (Phi) is 5.32. The molecule has 0 spiro atoms. The summed E-state index contributed by atoms with van der Waals surface area (Å²) < 4.78 is 13.4. The lowest BCUT2D eigenvalue weighted by atomic mass is 9.84. The zero-order valence-corrected chi connectivity index (χ0v) is 17.3. The van der Waals surface area contributed by atoms with Crippen LogP contribution < -0.4 is 5.56 Å². The number of nitrogens with zero attached hydrogens (tertiary/aromatic N) is 1. The predicted molar refractivity (Wildman–Crippen MR) is 113 cm³/mol. The van der Waals surface area contributed by atoms with E-state index in [9.17, 15) is 4.79 Å². The summed E-state index contributed by atoms with van der Waals surface area (Å²) in [4.78, 5) is 14.1. The van der Waals surface area contributed by atoms with Crippen molar-refractivity contribution in [2.75, 3.05) is 13.7 Å². The number of hydrogen-bond donors (Lipinski definition) is 0. The van der Waals surface area contributed by atoms with Gasteiger partial charge in [0.15, 0.2) is 0 Å². The van der Waals surface area contributed by atoms with E-state index in [0.29, 0.717) is 0 Å². The van der Waals surface area contributed by atoms with E-state index in [0.717, 1.165) is 35.2 Å². The Hall–Kier alpha value is -2.08. The van der Waals surface area contributed by atoms with E-state index >= 15 is 0 Å². The number of ether oxygens (including phenoxy) is 2. The van der Waals surface area contributed by atoms with Gasteiger partial charge >= 0.3 is 0 Å². The minimum absolute atomic E-state index is 0.0103. The molecule has 2 aromatic carbocycles. The van der Waals surface area contributed by atoms with Gasteiger partial charge in [0.25, 0.3) is 5.56 Å². The number of fused-ring (bicyclic) bond motifs is 1. The van der Waals surface area contributed by atoms with Gasteiger partial charge in [0.05, 0.1) is 23.8 Å². The molecule has 146 valence electrons. The second-order valence-corrected chi connectivity index (χ2v) is 8.56. The van der Waals surface area contributed by atoms with Crippen molar-refractivity contribution in [3.05, 3.63) is 70.5 Å². The standard InChI is InChI=1S/C23H25NO3S/c1-16-15-23(26-3,11-12-27-16)18-5-4-6-19(14-18)28-20-8-9-21-17(13-20)7-10-22(25)24(21)2/h4-10,13-14,16H,11-12,15H2,1-3H3/t16-,23-/m1/s1. The number of rotatable bonds is 4. The van der Waals surface area contributed by atoms with Gasteiger partial charge in [-0.15, -0.1) is 0 Å². The van der Waals surface area contributed by atoms with Crippen LogP contribution in [-0.4, -0.2) is 24.4 Å². The highest BCUT2D eigenvalue weighted by molar-refractivity contribution is 7.99. The van der Waals surface area contributed by atoms with Crippen LogP contribution in [0.5, 0.6) is 0 Å². The smallest absolute Gasteiger partial charge is 0.250 e. The van der Waals surface area contributed by atoms with Crippen molar-refractivity contribution in [1.82, 2.24) is 4.57 Å². The Bertz CT molecular complexity index is 1060. The third kappa shape index (κ3) is 3.62. The summed E-state index contributed by atoms with van der Waals surface area (Å²) in [5, 5.41) is 1.06. The van der Waals surface area contributed by atoms with Gasteiger partial charge in [-0.3, -0.25) is 4.79 Å². The second-order valence-electron chi connectivity index (χ2n) is 7.42. The first-order chi connectivity index (χ1) is 13.5. The average molecular weight is 396 g/mol. The zero-order valence-electron chi connectivity index (χ0n) is 16.5. The Labute approximate surface area is 169 Å². The van der Waals surface area contributed by atoms with Gasteiger partial charge in [-0.25, -0.2) is 0 Å². The second kappa shape index (κ2) is 7.74. The van der Waals surface area contributed by atoms with E-state index in [-0.39, 0.29) is 17.3 Å². The van der Waals surface area contributed by atoms with Crippen LogP contribution in [0.25, 0.3) is 10.9 Å². The van der Waals surface area contributed by atoms with E-state index < -0.39 is 0 Å². The van der Waals surface area contributed by atoms with E-state index in [4.69, 9.17) is 9.47 Å². The Morgan fingerprint density at radius 3 is 2.75 bits per heavy atom. The number of pyridine rings is 1. The van der Waals surface area contributed by atoms with Crippen LogP contribution in [0.1, 0.15) is 25.3 Å². The quantitative estimate of drug-likeness (QED) is 0.640. The largest absolute Gasteiger partial charge is 0.378 e. The Balaban J connectivity index is 1.64. The number of aryl methyl sites for hydroxylation is 1. The van der Waals surface area contributed by atoms with Crippen LogP contribution in [0.15, 0.2) is 69.2 Å². The first-order valence-electron chi connectivity index (χ1n) is 9.56. The molecule has 0 radical (unpaired) electrons. The van der Waals surface area contributed by atoms with Crippen molar-refractivity contribution in [3.8, 4) is 0 Å². The molecule has 1 aliphatic rings. The fourth-order valence-electron chi connectivity index (χ4n) is 4.02. The molecule has 1 saturated heterocycles. The van der Waals surface area contributed by atoms with Crippen molar-refractivity contribution in [3.63, 3.8) is 0 Å². The van der Waals surface area contributed by atoms with Crippen molar-refractivity contribution in [2.24, 2.45) is 7.05 Å². The monoisotopic (exact) mass is 395 g/mol. The van der Waals surface area contributed by atoms with Crippen LogP contribution in [-0.2, 0) is 22.1 Å². The molecule has 2 atom stereocenters. The Morgan fingerprint density at radius 1 is 1.14 bits per heavy atom. The summed E-state index contributed by atoms with van der Waals surface area (Å²) in [6.07, 6.45) is 1.92. The molecule has 0 aliphatic carbocycles. The maximum absolute atomic E-state index is 11.8. The van der Waals surface area contributed by atoms with E-state index in [1.807, 2.05) is 12.1 Å². The molecule has 4 nitrogen and oxygen atoms in total. The van der Waals surface area contributed by atoms with Crippen molar-refractivity contribution >= 4 is 22.7 Å². The maximum Gasteiger partial charge on any atom is 0.250 e. The van der Waals surface area contributed by atoms with Crippen molar-refractivity contribution in [1.29, 1.82) is 0 Å². The summed E-state index contributed by atoms with van der Waals surface area (Å²) in [6.45, 7) is 2.82. The average Bonchev–Trinajstić information content (AvgIpc) is 2.71. The van der Waals surface area contributed by atoms with Crippen LogP contribution in [0.2, 0.25) is 0 Å². The first kappa shape index (κ1) is 19.2. The fraction of sp³-hybridized carbons (Fsp3) is 0.348. The molecule has 0 unspecified atom stereocenters. The zero-order chi connectivity index (χ0) is 19.7. The molecule has 0 amide bonds. The highest BCUT2D eigenvalue weighted by atomic mass is 32.2. The van der Waals surface area contributed by atoms with E-state index in [2.05, 4.69) is 43.3 Å².